The quantitative estimate of drug-likeness (QED) is 0.897. The zero-order valence-electron chi connectivity index (χ0n) is 11.9. The molecule has 0 aliphatic heterocycles. The Morgan fingerprint density at radius 2 is 1.95 bits per heavy atom. The second kappa shape index (κ2) is 5.89. The number of hydrogen-bond acceptors (Lipinski definition) is 3. The van der Waals surface area contributed by atoms with Crippen molar-refractivity contribution < 1.29 is 4.74 Å². The van der Waals surface area contributed by atoms with Crippen LogP contribution in [0.2, 0.25) is 0 Å². The van der Waals surface area contributed by atoms with Crippen LogP contribution in [-0.4, -0.2) is 16.9 Å². The van der Waals surface area contributed by atoms with E-state index < -0.39 is 0 Å². The summed E-state index contributed by atoms with van der Waals surface area (Å²) in [5.74, 6) is 0.889. The summed E-state index contributed by atoms with van der Waals surface area (Å²) in [6.07, 6.45) is 3.94. The van der Waals surface area contributed by atoms with E-state index in [2.05, 4.69) is 36.4 Å². The van der Waals surface area contributed by atoms with E-state index in [-0.39, 0.29) is 12.1 Å². The zero-order valence-corrected chi connectivity index (χ0v) is 11.9. The molecule has 0 spiro atoms. The van der Waals surface area contributed by atoms with Crippen molar-refractivity contribution >= 4 is 0 Å². The monoisotopic (exact) mass is 259 g/mol. The first-order chi connectivity index (χ1) is 9.10. The van der Waals surface area contributed by atoms with Crippen molar-refractivity contribution in [3.8, 4) is 5.75 Å². The van der Waals surface area contributed by atoms with Gasteiger partial charge in [-0.1, -0.05) is 12.1 Å². The second-order valence-electron chi connectivity index (χ2n) is 4.83. The molecule has 19 heavy (non-hydrogen) atoms. The molecule has 2 aromatic rings. The predicted molar refractivity (Wildman–Crippen MR) is 76.2 cm³/mol. The fourth-order valence-electron chi connectivity index (χ4n) is 2.14. The van der Waals surface area contributed by atoms with Gasteiger partial charge in [0.05, 0.1) is 13.3 Å². The lowest BCUT2D eigenvalue weighted by Gasteiger charge is -2.20. The van der Waals surface area contributed by atoms with Gasteiger partial charge < -0.3 is 10.1 Å². The Morgan fingerprint density at radius 1 is 1.21 bits per heavy atom. The van der Waals surface area contributed by atoms with Crippen molar-refractivity contribution in [2.75, 3.05) is 7.11 Å². The summed E-state index contributed by atoms with van der Waals surface area (Å²) in [6, 6.07) is 8.66. The third-order valence-electron chi connectivity index (χ3n) is 3.32. The number of benzene rings is 1. The van der Waals surface area contributed by atoms with E-state index in [4.69, 9.17) is 4.74 Å². The molecule has 0 aliphatic carbocycles. The van der Waals surface area contributed by atoms with Gasteiger partial charge >= 0.3 is 0 Å². The standard InChI is InChI=1S/C15H21N3O/c1-11(13-6-5-7-15(8-13)19-4)17-12(2)14-9-16-18(3)10-14/h5-12,17H,1-4H3. The van der Waals surface area contributed by atoms with Crippen molar-refractivity contribution in [2.24, 2.45) is 7.05 Å². The molecule has 2 atom stereocenters. The molecule has 0 bridgehead atoms. The molecule has 2 unspecified atom stereocenters. The fourth-order valence-corrected chi connectivity index (χ4v) is 2.14. The third kappa shape index (κ3) is 3.35. The Bertz CT molecular complexity index is 536. The van der Waals surface area contributed by atoms with E-state index in [1.807, 2.05) is 36.3 Å². The molecule has 1 aromatic carbocycles. The molecule has 1 heterocycles. The summed E-state index contributed by atoms with van der Waals surface area (Å²) in [7, 11) is 3.62. The number of nitrogens with zero attached hydrogens (tertiary/aromatic N) is 2. The predicted octanol–water partition coefficient (Wildman–Crippen LogP) is 2.84. The lowest BCUT2D eigenvalue weighted by molar-refractivity contribution is 0.412. The van der Waals surface area contributed by atoms with Gasteiger partial charge in [-0.05, 0) is 31.5 Å². The molecule has 1 aromatic heterocycles. The third-order valence-corrected chi connectivity index (χ3v) is 3.32. The highest BCUT2D eigenvalue weighted by atomic mass is 16.5. The van der Waals surface area contributed by atoms with Crippen LogP contribution in [0.1, 0.15) is 37.1 Å². The van der Waals surface area contributed by atoms with Crippen LogP contribution < -0.4 is 10.1 Å². The Morgan fingerprint density at radius 3 is 2.58 bits per heavy atom. The maximum absolute atomic E-state index is 5.26. The van der Waals surface area contributed by atoms with Gasteiger partial charge in [0, 0.05) is 30.9 Å². The summed E-state index contributed by atoms with van der Waals surface area (Å²) >= 11 is 0. The molecule has 0 amide bonds. The number of nitrogens with one attached hydrogen (secondary N) is 1. The van der Waals surface area contributed by atoms with Crippen LogP contribution in [0.15, 0.2) is 36.7 Å². The normalized spacial score (nSPS) is 14.1. The topological polar surface area (TPSA) is 39.1 Å². The molecule has 1 N–H and O–H groups in total. The van der Waals surface area contributed by atoms with Crippen molar-refractivity contribution in [2.45, 2.75) is 25.9 Å². The van der Waals surface area contributed by atoms with Gasteiger partial charge in [-0.15, -0.1) is 0 Å². The van der Waals surface area contributed by atoms with Crippen LogP contribution in [-0.2, 0) is 7.05 Å². The Balaban J connectivity index is 2.05. The van der Waals surface area contributed by atoms with Gasteiger partial charge in [0.1, 0.15) is 5.75 Å². The van der Waals surface area contributed by atoms with Gasteiger partial charge in [-0.2, -0.15) is 5.10 Å². The van der Waals surface area contributed by atoms with Gasteiger partial charge in [-0.25, -0.2) is 0 Å². The van der Waals surface area contributed by atoms with E-state index in [0.717, 1.165) is 5.75 Å². The van der Waals surface area contributed by atoms with E-state index >= 15 is 0 Å². The molecular formula is C15H21N3O. The number of aromatic nitrogens is 2. The van der Waals surface area contributed by atoms with Crippen LogP contribution in [0.25, 0.3) is 0 Å². The van der Waals surface area contributed by atoms with Gasteiger partial charge in [0.15, 0.2) is 0 Å². The van der Waals surface area contributed by atoms with E-state index in [1.54, 1.807) is 7.11 Å². The largest absolute Gasteiger partial charge is 0.497 e. The highest BCUT2D eigenvalue weighted by Crippen LogP contribution is 2.22. The SMILES string of the molecule is COc1cccc(C(C)NC(C)c2cnn(C)c2)c1. The average molecular weight is 259 g/mol. The van der Waals surface area contributed by atoms with Crippen molar-refractivity contribution in [1.82, 2.24) is 15.1 Å². The summed E-state index contributed by atoms with van der Waals surface area (Å²) < 4.78 is 7.08. The molecule has 0 radical (unpaired) electrons. The van der Waals surface area contributed by atoms with Crippen LogP contribution >= 0.6 is 0 Å². The van der Waals surface area contributed by atoms with Crippen LogP contribution in [0.5, 0.6) is 5.75 Å². The molecule has 102 valence electrons. The Hall–Kier alpha value is -1.81. The van der Waals surface area contributed by atoms with Crippen molar-refractivity contribution in [3.05, 3.63) is 47.8 Å². The summed E-state index contributed by atoms with van der Waals surface area (Å²) in [4.78, 5) is 0. The number of methoxy groups -OCH3 is 1. The first-order valence-corrected chi connectivity index (χ1v) is 6.48. The smallest absolute Gasteiger partial charge is 0.119 e. The highest BCUT2D eigenvalue weighted by molar-refractivity contribution is 5.30. The molecule has 4 heteroatoms. The van der Waals surface area contributed by atoms with Crippen LogP contribution in [0.4, 0.5) is 0 Å². The highest BCUT2D eigenvalue weighted by Gasteiger charge is 2.12. The summed E-state index contributed by atoms with van der Waals surface area (Å²) in [5.41, 5.74) is 2.41. The van der Waals surface area contributed by atoms with Gasteiger partial charge in [0.25, 0.3) is 0 Å². The van der Waals surface area contributed by atoms with Crippen molar-refractivity contribution in [1.29, 1.82) is 0 Å². The Kier molecular flexibility index (Phi) is 4.22. The second-order valence-corrected chi connectivity index (χ2v) is 4.83. The fraction of sp³-hybridized carbons (Fsp3) is 0.400. The molecular weight excluding hydrogens is 238 g/mol. The first-order valence-electron chi connectivity index (χ1n) is 6.48. The molecule has 0 aliphatic rings. The average Bonchev–Trinajstić information content (AvgIpc) is 2.85. The minimum absolute atomic E-state index is 0.255. The molecule has 0 fully saturated rings. The van der Waals surface area contributed by atoms with Crippen molar-refractivity contribution in [3.63, 3.8) is 0 Å². The summed E-state index contributed by atoms with van der Waals surface area (Å²) in [5, 5.41) is 7.77. The molecule has 0 saturated heterocycles. The minimum atomic E-state index is 0.255. The molecule has 0 saturated carbocycles. The maximum Gasteiger partial charge on any atom is 0.119 e. The first kappa shape index (κ1) is 13.6. The van der Waals surface area contributed by atoms with Gasteiger partial charge in [0.2, 0.25) is 0 Å². The minimum Gasteiger partial charge on any atom is -0.497 e. The van der Waals surface area contributed by atoms with E-state index in [9.17, 15) is 0 Å². The zero-order chi connectivity index (χ0) is 13.8. The van der Waals surface area contributed by atoms with E-state index in [1.165, 1.54) is 11.1 Å². The number of hydrogen-bond donors (Lipinski definition) is 1. The lowest BCUT2D eigenvalue weighted by atomic mass is 10.1. The number of aryl methyl sites for hydroxylation is 1. The lowest BCUT2D eigenvalue weighted by Crippen LogP contribution is -2.22. The van der Waals surface area contributed by atoms with Gasteiger partial charge in [-0.3, -0.25) is 4.68 Å². The van der Waals surface area contributed by atoms with E-state index in [0.29, 0.717) is 0 Å². The van der Waals surface area contributed by atoms with Crippen LogP contribution in [0.3, 0.4) is 0 Å². The molecule has 4 nitrogen and oxygen atoms in total. The van der Waals surface area contributed by atoms with Crippen LogP contribution in [0, 0.1) is 0 Å². The Labute approximate surface area is 114 Å². The summed E-state index contributed by atoms with van der Waals surface area (Å²) in [6.45, 7) is 4.30. The maximum atomic E-state index is 5.26. The number of ether oxygens (including phenoxy) is 1. The molecule has 2 rings (SSSR count). The number of rotatable bonds is 5.